The fourth-order valence-corrected chi connectivity index (χ4v) is 5.32. The van der Waals surface area contributed by atoms with Gasteiger partial charge in [-0.3, -0.25) is 0 Å². The number of hydrogen-bond donors (Lipinski definition) is 0. The van der Waals surface area contributed by atoms with Crippen LogP contribution in [0.3, 0.4) is 0 Å². The van der Waals surface area contributed by atoms with Crippen LogP contribution < -0.4 is 0 Å². The topological polar surface area (TPSA) is 40.6 Å². The van der Waals surface area contributed by atoms with Crippen molar-refractivity contribution in [2.75, 3.05) is 26.2 Å². The van der Waals surface area contributed by atoms with Gasteiger partial charge in [0.15, 0.2) is 0 Å². The van der Waals surface area contributed by atoms with E-state index in [1.54, 1.807) is 4.31 Å². The standard InChI is InChI=1S/C18H28N2O2S/c1-16-5-7-17(8-6-16)15-23(21,22)20-13-9-18(10-14-20)19-11-3-2-4-12-19/h5-8,18H,2-4,9-15H2,1H3. The summed E-state index contributed by atoms with van der Waals surface area (Å²) >= 11 is 0. The molecule has 2 aliphatic heterocycles. The fraction of sp³-hybridized carbons (Fsp3) is 0.667. The Hall–Kier alpha value is -0.910. The second kappa shape index (κ2) is 7.32. The normalized spacial score (nSPS) is 22.3. The van der Waals surface area contributed by atoms with Crippen molar-refractivity contribution in [1.82, 2.24) is 9.21 Å². The lowest BCUT2D eigenvalue weighted by molar-refractivity contribution is 0.118. The van der Waals surface area contributed by atoms with Gasteiger partial charge in [0.2, 0.25) is 10.0 Å². The van der Waals surface area contributed by atoms with Gasteiger partial charge in [0.05, 0.1) is 5.75 Å². The third-order valence-electron chi connectivity index (χ3n) is 5.19. The van der Waals surface area contributed by atoms with Crippen LogP contribution in [0.4, 0.5) is 0 Å². The van der Waals surface area contributed by atoms with E-state index in [1.807, 2.05) is 31.2 Å². The van der Waals surface area contributed by atoms with Crippen molar-refractivity contribution in [3.05, 3.63) is 35.4 Å². The quantitative estimate of drug-likeness (QED) is 0.849. The Balaban J connectivity index is 1.56. The lowest BCUT2D eigenvalue weighted by Crippen LogP contribution is -2.48. The van der Waals surface area contributed by atoms with E-state index < -0.39 is 10.0 Å². The molecule has 0 bridgehead atoms. The molecule has 0 N–H and O–H groups in total. The molecule has 2 fully saturated rings. The van der Waals surface area contributed by atoms with Crippen molar-refractivity contribution in [2.45, 2.75) is 50.8 Å². The van der Waals surface area contributed by atoms with Crippen molar-refractivity contribution >= 4 is 10.0 Å². The Labute approximate surface area is 140 Å². The van der Waals surface area contributed by atoms with E-state index in [0.29, 0.717) is 19.1 Å². The predicted octanol–water partition coefficient (Wildman–Crippen LogP) is 2.78. The first-order chi connectivity index (χ1) is 11.0. The molecule has 4 nitrogen and oxygen atoms in total. The smallest absolute Gasteiger partial charge is 0.218 e. The second-order valence-electron chi connectivity index (χ2n) is 6.97. The zero-order valence-electron chi connectivity index (χ0n) is 14.1. The molecule has 0 unspecified atom stereocenters. The van der Waals surface area contributed by atoms with Crippen LogP contribution in [0.5, 0.6) is 0 Å². The highest BCUT2D eigenvalue weighted by atomic mass is 32.2. The van der Waals surface area contributed by atoms with Crippen LogP contribution in [0.15, 0.2) is 24.3 Å². The molecule has 23 heavy (non-hydrogen) atoms. The number of sulfonamides is 1. The van der Waals surface area contributed by atoms with E-state index in [9.17, 15) is 8.42 Å². The molecule has 1 aromatic rings. The van der Waals surface area contributed by atoms with Gasteiger partial charge < -0.3 is 4.90 Å². The van der Waals surface area contributed by atoms with Crippen LogP contribution in [0.25, 0.3) is 0 Å². The first-order valence-corrected chi connectivity index (χ1v) is 10.4. The number of benzene rings is 1. The third kappa shape index (κ3) is 4.34. The summed E-state index contributed by atoms with van der Waals surface area (Å²) in [6.45, 7) is 5.76. The highest BCUT2D eigenvalue weighted by Gasteiger charge is 2.31. The maximum Gasteiger partial charge on any atom is 0.218 e. The Morgan fingerprint density at radius 1 is 0.957 bits per heavy atom. The minimum Gasteiger partial charge on any atom is -0.300 e. The maximum absolute atomic E-state index is 12.6. The van der Waals surface area contributed by atoms with Gasteiger partial charge in [0.25, 0.3) is 0 Å². The van der Waals surface area contributed by atoms with Crippen LogP contribution in [0, 0.1) is 6.92 Å². The lowest BCUT2D eigenvalue weighted by Gasteiger charge is -2.39. The van der Waals surface area contributed by atoms with Crippen LogP contribution in [0.1, 0.15) is 43.2 Å². The van der Waals surface area contributed by atoms with Crippen LogP contribution in [0.2, 0.25) is 0 Å². The first-order valence-electron chi connectivity index (χ1n) is 8.82. The average molecular weight is 337 g/mol. The zero-order chi connectivity index (χ0) is 16.3. The van der Waals surface area contributed by atoms with E-state index in [1.165, 1.54) is 32.4 Å². The summed E-state index contributed by atoms with van der Waals surface area (Å²) in [6.07, 6.45) is 5.90. The molecule has 2 saturated heterocycles. The number of hydrogen-bond acceptors (Lipinski definition) is 3. The predicted molar refractivity (Wildman–Crippen MR) is 93.8 cm³/mol. The molecular weight excluding hydrogens is 308 g/mol. The van der Waals surface area contributed by atoms with E-state index in [0.717, 1.165) is 24.0 Å². The van der Waals surface area contributed by atoms with Gasteiger partial charge in [0.1, 0.15) is 0 Å². The van der Waals surface area contributed by atoms with Crippen molar-refractivity contribution in [1.29, 1.82) is 0 Å². The molecule has 0 spiro atoms. The number of rotatable bonds is 4. The number of aryl methyl sites for hydroxylation is 1. The molecule has 0 aliphatic carbocycles. The summed E-state index contributed by atoms with van der Waals surface area (Å²) in [5.74, 6) is 0.127. The molecule has 5 heteroatoms. The number of likely N-dealkylation sites (tertiary alicyclic amines) is 1. The molecule has 0 atom stereocenters. The lowest BCUT2D eigenvalue weighted by atomic mass is 10.0. The zero-order valence-corrected chi connectivity index (χ0v) is 14.9. The summed E-state index contributed by atoms with van der Waals surface area (Å²) in [5, 5.41) is 0. The Morgan fingerprint density at radius 3 is 2.17 bits per heavy atom. The molecule has 2 aliphatic rings. The average Bonchev–Trinajstić information content (AvgIpc) is 2.58. The molecule has 128 valence electrons. The molecular formula is C18H28N2O2S. The Morgan fingerprint density at radius 2 is 1.57 bits per heavy atom. The van der Waals surface area contributed by atoms with Gasteiger partial charge in [-0.15, -0.1) is 0 Å². The third-order valence-corrected chi connectivity index (χ3v) is 7.04. The number of piperidine rings is 2. The first kappa shape index (κ1) is 16.9. The minimum atomic E-state index is -3.19. The molecule has 3 rings (SSSR count). The summed E-state index contributed by atoms with van der Waals surface area (Å²) in [6, 6.07) is 8.39. The minimum absolute atomic E-state index is 0.127. The molecule has 1 aromatic carbocycles. The maximum atomic E-state index is 12.6. The highest BCUT2D eigenvalue weighted by molar-refractivity contribution is 7.88. The Bertz CT molecular complexity index is 598. The molecule has 0 radical (unpaired) electrons. The van der Waals surface area contributed by atoms with E-state index in [4.69, 9.17) is 0 Å². The van der Waals surface area contributed by atoms with Gasteiger partial charge in [-0.2, -0.15) is 0 Å². The highest BCUT2D eigenvalue weighted by Crippen LogP contribution is 2.23. The summed E-state index contributed by atoms with van der Waals surface area (Å²) in [5.41, 5.74) is 2.04. The monoisotopic (exact) mass is 336 g/mol. The molecule has 2 heterocycles. The van der Waals surface area contributed by atoms with E-state index in [2.05, 4.69) is 4.90 Å². The van der Waals surface area contributed by atoms with Crippen LogP contribution in [-0.2, 0) is 15.8 Å². The van der Waals surface area contributed by atoms with Crippen LogP contribution in [-0.4, -0.2) is 49.8 Å². The fourth-order valence-electron chi connectivity index (χ4n) is 3.76. The molecule has 0 aromatic heterocycles. The van der Waals surface area contributed by atoms with Crippen molar-refractivity contribution < 1.29 is 8.42 Å². The van der Waals surface area contributed by atoms with Crippen molar-refractivity contribution in [3.8, 4) is 0 Å². The van der Waals surface area contributed by atoms with E-state index in [-0.39, 0.29) is 5.75 Å². The summed E-state index contributed by atoms with van der Waals surface area (Å²) < 4.78 is 27.0. The largest absolute Gasteiger partial charge is 0.300 e. The van der Waals surface area contributed by atoms with Crippen molar-refractivity contribution in [2.24, 2.45) is 0 Å². The van der Waals surface area contributed by atoms with Gasteiger partial charge >= 0.3 is 0 Å². The van der Waals surface area contributed by atoms with Crippen LogP contribution >= 0.6 is 0 Å². The summed E-state index contributed by atoms with van der Waals surface area (Å²) in [7, 11) is -3.19. The van der Waals surface area contributed by atoms with Gasteiger partial charge in [-0.05, 0) is 51.3 Å². The van der Waals surface area contributed by atoms with E-state index >= 15 is 0 Å². The second-order valence-corrected chi connectivity index (χ2v) is 8.94. The van der Waals surface area contributed by atoms with Gasteiger partial charge in [0, 0.05) is 19.1 Å². The molecule has 0 saturated carbocycles. The Kier molecular flexibility index (Phi) is 5.39. The summed E-state index contributed by atoms with van der Waals surface area (Å²) in [4.78, 5) is 2.58. The SMILES string of the molecule is Cc1ccc(CS(=O)(=O)N2CCC(N3CCCCC3)CC2)cc1. The van der Waals surface area contributed by atoms with Gasteiger partial charge in [-0.25, -0.2) is 12.7 Å². The van der Waals surface area contributed by atoms with Crippen molar-refractivity contribution in [3.63, 3.8) is 0 Å². The molecule has 0 amide bonds. The van der Waals surface area contributed by atoms with Gasteiger partial charge in [-0.1, -0.05) is 36.2 Å². The number of nitrogens with zero attached hydrogens (tertiary/aromatic N) is 2.